The number of benzene rings is 1. The average Bonchev–Trinajstić information content (AvgIpc) is 2.85. The van der Waals surface area contributed by atoms with Crippen molar-refractivity contribution in [2.75, 3.05) is 32.2 Å². The minimum absolute atomic E-state index is 0.605. The summed E-state index contributed by atoms with van der Waals surface area (Å²) in [6, 6.07) is 9.82. The van der Waals surface area contributed by atoms with E-state index < -0.39 is 0 Å². The summed E-state index contributed by atoms with van der Waals surface area (Å²) >= 11 is 0. The molecule has 2 aromatic rings. The molecule has 0 saturated heterocycles. The fraction of sp³-hybridized carbons (Fsp3) is 0.438. The van der Waals surface area contributed by atoms with Crippen molar-refractivity contribution in [1.82, 2.24) is 9.55 Å². The number of nitrogens with one attached hydrogen (secondary N) is 1. The van der Waals surface area contributed by atoms with Crippen LogP contribution >= 0.6 is 0 Å². The Kier molecular flexibility index (Phi) is 6.09. The van der Waals surface area contributed by atoms with Crippen LogP contribution in [0.1, 0.15) is 12.1 Å². The van der Waals surface area contributed by atoms with Gasteiger partial charge in [-0.3, -0.25) is 0 Å². The molecule has 0 atom stereocenters. The maximum absolute atomic E-state index is 5.65. The van der Waals surface area contributed by atoms with Gasteiger partial charge in [-0.1, -0.05) is 18.2 Å². The highest BCUT2D eigenvalue weighted by atomic mass is 16.5. The Morgan fingerprint density at radius 3 is 2.76 bits per heavy atom. The molecule has 0 unspecified atom stereocenters. The Hall–Kier alpha value is -2.01. The zero-order chi connectivity index (χ0) is 14.9. The Bertz CT molecular complexity index is 526. The number of anilines is 1. The number of ether oxygens (including phenoxy) is 2. The summed E-state index contributed by atoms with van der Waals surface area (Å²) in [5.41, 5.74) is 1.01. The first-order valence-electron chi connectivity index (χ1n) is 7.24. The van der Waals surface area contributed by atoms with Crippen LogP contribution in [0.15, 0.2) is 36.5 Å². The van der Waals surface area contributed by atoms with Crippen LogP contribution in [0.4, 0.5) is 5.95 Å². The Labute approximate surface area is 125 Å². The van der Waals surface area contributed by atoms with Crippen LogP contribution in [-0.4, -0.2) is 36.4 Å². The van der Waals surface area contributed by atoms with Crippen LogP contribution in [0.3, 0.4) is 0 Å². The zero-order valence-corrected chi connectivity index (χ0v) is 12.7. The lowest BCUT2D eigenvalue weighted by molar-refractivity contribution is 0.190. The van der Waals surface area contributed by atoms with Crippen molar-refractivity contribution in [3.63, 3.8) is 0 Å². The fourth-order valence-electron chi connectivity index (χ4n) is 2.09. The van der Waals surface area contributed by atoms with Gasteiger partial charge in [-0.05, 0) is 25.5 Å². The van der Waals surface area contributed by atoms with E-state index in [-0.39, 0.29) is 0 Å². The third-order valence-electron chi connectivity index (χ3n) is 3.04. The molecule has 5 heteroatoms. The van der Waals surface area contributed by atoms with Crippen molar-refractivity contribution >= 4 is 5.95 Å². The van der Waals surface area contributed by atoms with Crippen LogP contribution in [0.5, 0.6) is 5.75 Å². The molecule has 0 radical (unpaired) electrons. The van der Waals surface area contributed by atoms with Gasteiger partial charge in [0.2, 0.25) is 5.95 Å². The van der Waals surface area contributed by atoms with Gasteiger partial charge < -0.3 is 19.4 Å². The quantitative estimate of drug-likeness (QED) is 0.721. The topological polar surface area (TPSA) is 48.3 Å². The number of para-hydroxylation sites is 1. The van der Waals surface area contributed by atoms with Crippen LogP contribution in [-0.2, 0) is 11.3 Å². The van der Waals surface area contributed by atoms with Gasteiger partial charge in [0.25, 0.3) is 0 Å². The Morgan fingerprint density at radius 1 is 1.19 bits per heavy atom. The van der Waals surface area contributed by atoms with Crippen molar-refractivity contribution in [2.45, 2.75) is 19.9 Å². The molecule has 0 spiro atoms. The third-order valence-corrected chi connectivity index (χ3v) is 3.04. The van der Waals surface area contributed by atoms with E-state index >= 15 is 0 Å². The monoisotopic (exact) mass is 289 g/mol. The second-order valence-electron chi connectivity index (χ2n) is 4.83. The first kappa shape index (κ1) is 15.4. The minimum atomic E-state index is 0.605. The molecule has 2 rings (SSSR count). The zero-order valence-electron chi connectivity index (χ0n) is 12.7. The van der Waals surface area contributed by atoms with Crippen molar-refractivity contribution < 1.29 is 9.47 Å². The number of rotatable bonds is 9. The van der Waals surface area contributed by atoms with Crippen LogP contribution in [0.2, 0.25) is 0 Å². The number of methoxy groups -OCH3 is 1. The lowest BCUT2D eigenvalue weighted by Gasteiger charge is -2.10. The van der Waals surface area contributed by atoms with E-state index in [0.29, 0.717) is 6.61 Å². The summed E-state index contributed by atoms with van der Waals surface area (Å²) in [6.45, 7) is 4.98. The number of nitrogens with zero attached hydrogens (tertiary/aromatic N) is 2. The molecule has 1 aromatic carbocycles. The molecule has 5 nitrogen and oxygen atoms in total. The smallest absolute Gasteiger partial charge is 0.203 e. The van der Waals surface area contributed by atoms with E-state index in [1.165, 1.54) is 0 Å². The standard InChI is InChI=1S/C16H23N3O2/c1-14-13-19(10-6-11-20-2)16(18-14)17-9-12-21-15-7-4-3-5-8-15/h3-5,7-8,13H,6,9-12H2,1-2H3,(H,17,18). The summed E-state index contributed by atoms with van der Waals surface area (Å²) in [5.74, 6) is 1.78. The molecule has 21 heavy (non-hydrogen) atoms. The second kappa shape index (κ2) is 8.32. The highest BCUT2D eigenvalue weighted by Crippen LogP contribution is 2.10. The highest BCUT2D eigenvalue weighted by Gasteiger charge is 2.04. The van der Waals surface area contributed by atoms with Crippen molar-refractivity contribution in [2.24, 2.45) is 0 Å². The molecule has 114 valence electrons. The van der Waals surface area contributed by atoms with Gasteiger partial charge >= 0.3 is 0 Å². The van der Waals surface area contributed by atoms with Gasteiger partial charge in [0.15, 0.2) is 0 Å². The lowest BCUT2D eigenvalue weighted by atomic mass is 10.3. The maximum atomic E-state index is 5.65. The molecule has 1 heterocycles. The van der Waals surface area contributed by atoms with E-state index in [0.717, 1.165) is 43.5 Å². The molecule has 1 N–H and O–H groups in total. The average molecular weight is 289 g/mol. The van der Waals surface area contributed by atoms with Gasteiger partial charge in [0, 0.05) is 26.5 Å². The van der Waals surface area contributed by atoms with Crippen molar-refractivity contribution in [3.05, 3.63) is 42.2 Å². The molecule has 0 aliphatic heterocycles. The van der Waals surface area contributed by atoms with Crippen molar-refractivity contribution in [3.8, 4) is 5.75 Å². The largest absolute Gasteiger partial charge is 0.492 e. The van der Waals surface area contributed by atoms with Gasteiger partial charge in [-0.15, -0.1) is 0 Å². The highest BCUT2D eigenvalue weighted by molar-refractivity contribution is 5.28. The molecule has 0 saturated carbocycles. The fourth-order valence-corrected chi connectivity index (χ4v) is 2.09. The lowest BCUT2D eigenvalue weighted by Crippen LogP contribution is -2.15. The number of hydrogen-bond acceptors (Lipinski definition) is 4. The minimum Gasteiger partial charge on any atom is -0.492 e. The van der Waals surface area contributed by atoms with Crippen LogP contribution < -0.4 is 10.1 Å². The summed E-state index contributed by atoms with van der Waals surface area (Å²) < 4.78 is 12.9. The molecule has 0 bridgehead atoms. The predicted octanol–water partition coefficient (Wildman–Crippen LogP) is 2.72. The van der Waals surface area contributed by atoms with E-state index in [1.54, 1.807) is 7.11 Å². The summed E-state index contributed by atoms with van der Waals surface area (Å²) in [6.07, 6.45) is 3.03. The van der Waals surface area contributed by atoms with E-state index in [1.807, 2.05) is 37.3 Å². The van der Waals surface area contributed by atoms with Crippen LogP contribution in [0.25, 0.3) is 0 Å². The van der Waals surface area contributed by atoms with Gasteiger partial charge in [0.1, 0.15) is 12.4 Å². The number of aromatic nitrogens is 2. The predicted molar refractivity (Wildman–Crippen MR) is 83.9 cm³/mol. The van der Waals surface area contributed by atoms with Crippen LogP contribution in [0, 0.1) is 6.92 Å². The van der Waals surface area contributed by atoms with Gasteiger partial charge in [0.05, 0.1) is 12.2 Å². The number of hydrogen-bond donors (Lipinski definition) is 1. The first-order chi connectivity index (χ1) is 10.3. The number of imidazole rings is 1. The molecular weight excluding hydrogens is 266 g/mol. The second-order valence-corrected chi connectivity index (χ2v) is 4.83. The summed E-state index contributed by atoms with van der Waals surface area (Å²) in [4.78, 5) is 4.49. The van der Waals surface area contributed by atoms with E-state index in [9.17, 15) is 0 Å². The molecule has 0 aliphatic carbocycles. The molecule has 0 fully saturated rings. The molecule has 0 amide bonds. The maximum Gasteiger partial charge on any atom is 0.203 e. The van der Waals surface area contributed by atoms with Crippen molar-refractivity contribution in [1.29, 1.82) is 0 Å². The first-order valence-corrected chi connectivity index (χ1v) is 7.24. The van der Waals surface area contributed by atoms with Gasteiger partial charge in [-0.25, -0.2) is 4.98 Å². The Morgan fingerprint density at radius 2 is 2.00 bits per heavy atom. The molecule has 0 aliphatic rings. The normalized spacial score (nSPS) is 10.6. The van der Waals surface area contributed by atoms with Gasteiger partial charge in [-0.2, -0.15) is 0 Å². The molecule has 1 aromatic heterocycles. The SMILES string of the molecule is COCCCn1cc(C)nc1NCCOc1ccccc1. The summed E-state index contributed by atoms with van der Waals surface area (Å²) in [7, 11) is 1.72. The Balaban J connectivity index is 1.77. The molecular formula is C16H23N3O2. The van der Waals surface area contributed by atoms with E-state index in [2.05, 4.69) is 21.1 Å². The van der Waals surface area contributed by atoms with E-state index in [4.69, 9.17) is 9.47 Å². The third kappa shape index (κ3) is 5.11. The summed E-state index contributed by atoms with van der Waals surface area (Å²) in [5, 5.41) is 3.32. The number of aryl methyl sites for hydroxylation is 2.